The molecule has 0 amide bonds. The Labute approximate surface area is 144 Å². The second-order valence-corrected chi connectivity index (χ2v) is 5.80. The van der Waals surface area contributed by atoms with Crippen LogP contribution in [0.2, 0.25) is 0 Å². The summed E-state index contributed by atoms with van der Waals surface area (Å²) in [6, 6.07) is 4.60. The maximum atomic E-state index is 13.5. The summed E-state index contributed by atoms with van der Waals surface area (Å²) in [7, 11) is 0. The fourth-order valence-corrected chi connectivity index (χ4v) is 2.81. The minimum atomic E-state index is -0.557. The smallest absolute Gasteiger partial charge is 0.230 e. The molecule has 25 heavy (non-hydrogen) atoms. The van der Waals surface area contributed by atoms with Crippen LogP contribution in [0.1, 0.15) is 0 Å². The predicted octanol–water partition coefficient (Wildman–Crippen LogP) is 0.746. The Morgan fingerprint density at radius 3 is 1.84 bits per heavy atom. The third-order valence-corrected chi connectivity index (χ3v) is 4.14. The molecule has 132 valence electrons. The summed E-state index contributed by atoms with van der Waals surface area (Å²) in [6.45, 7) is 5.37. The second kappa shape index (κ2) is 7.24. The summed E-state index contributed by atoms with van der Waals surface area (Å²) in [4.78, 5) is 21.7. The Bertz CT molecular complexity index is 698. The number of hydrogen-bond acceptors (Lipinski definition) is 8. The molecule has 0 atom stereocenters. The van der Waals surface area contributed by atoms with Gasteiger partial charge in [-0.1, -0.05) is 6.07 Å². The molecular weight excluding hydrogens is 327 g/mol. The largest absolute Gasteiger partial charge is 0.378 e. The number of morpholine rings is 2. The lowest BCUT2D eigenvalue weighted by atomic mass is 10.3. The molecule has 2 fully saturated rings. The summed E-state index contributed by atoms with van der Waals surface area (Å²) in [5.41, 5.74) is 0.395. The molecule has 4 heterocycles. The fourth-order valence-electron chi connectivity index (χ4n) is 2.81. The monoisotopic (exact) mass is 346 g/mol. The van der Waals surface area contributed by atoms with Crippen molar-refractivity contribution in [2.45, 2.75) is 0 Å². The summed E-state index contributed by atoms with van der Waals surface area (Å²) in [6.07, 6.45) is 0. The Balaban J connectivity index is 1.73. The number of nitrogens with zero attached hydrogens (tertiary/aromatic N) is 6. The average molecular weight is 346 g/mol. The number of hydrogen-bond donors (Lipinski definition) is 0. The lowest BCUT2D eigenvalue weighted by Gasteiger charge is -2.30. The SMILES string of the molecule is Fc1cccc(-c2nc(N3CCOCC3)nc(N3CCOCC3)n2)n1. The van der Waals surface area contributed by atoms with Crippen molar-refractivity contribution in [1.82, 2.24) is 19.9 Å². The first-order valence-corrected chi connectivity index (χ1v) is 8.34. The Kier molecular flexibility index (Phi) is 4.66. The van der Waals surface area contributed by atoms with E-state index in [4.69, 9.17) is 9.47 Å². The Morgan fingerprint density at radius 1 is 0.760 bits per heavy atom. The van der Waals surface area contributed by atoms with Gasteiger partial charge in [-0.25, -0.2) is 4.98 Å². The van der Waals surface area contributed by atoms with E-state index in [-0.39, 0.29) is 0 Å². The molecule has 2 aliphatic rings. The van der Waals surface area contributed by atoms with E-state index in [9.17, 15) is 4.39 Å². The van der Waals surface area contributed by atoms with Gasteiger partial charge in [-0.3, -0.25) is 0 Å². The van der Waals surface area contributed by atoms with Gasteiger partial charge in [0.05, 0.1) is 26.4 Å². The zero-order chi connectivity index (χ0) is 17.1. The van der Waals surface area contributed by atoms with Crippen LogP contribution in [0.3, 0.4) is 0 Å². The van der Waals surface area contributed by atoms with Crippen molar-refractivity contribution in [3.8, 4) is 11.5 Å². The number of halogens is 1. The van der Waals surface area contributed by atoms with E-state index in [0.717, 1.165) is 0 Å². The molecule has 0 aromatic carbocycles. The molecule has 0 spiro atoms. The van der Waals surface area contributed by atoms with Crippen LogP contribution in [0.15, 0.2) is 18.2 Å². The van der Waals surface area contributed by atoms with E-state index in [1.165, 1.54) is 6.07 Å². The number of rotatable bonds is 3. The molecular formula is C16H19FN6O2. The normalized spacial score (nSPS) is 18.4. The average Bonchev–Trinajstić information content (AvgIpc) is 2.69. The van der Waals surface area contributed by atoms with Gasteiger partial charge in [0.25, 0.3) is 0 Å². The standard InChI is InChI=1S/C16H19FN6O2/c17-13-3-1-2-12(18-13)14-19-15(22-4-8-24-9-5-22)21-16(20-14)23-6-10-25-11-7-23/h1-3H,4-11H2. The van der Waals surface area contributed by atoms with Gasteiger partial charge >= 0.3 is 0 Å². The number of aromatic nitrogens is 4. The number of anilines is 2. The highest BCUT2D eigenvalue weighted by molar-refractivity contribution is 5.54. The minimum absolute atomic E-state index is 0.373. The molecule has 0 aliphatic carbocycles. The van der Waals surface area contributed by atoms with Crippen molar-refractivity contribution in [2.24, 2.45) is 0 Å². The molecule has 4 rings (SSSR count). The van der Waals surface area contributed by atoms with Crippen LogP contribution >= 0.6 is 0 Å². The molecule has 9 heteroatoms. The highest BCUT2D eigenvalue weighted by atomic mass is 19.1. The van der Waals surface area contributed by atoms with Crippen molar-refractivity contribution in [3.63, 3.8) is 0 Å². The van der Waals surface area contributed by atoms with Crippen molar-refractivity contribution in [3.05, 3.63) is 24.1 Å². The van der Waals surface area contributed by atoms with Crippen LogP contribution < -0.4 is 9.80 Å². The molecule has 2 aromatic heterocycles. The van der Waals surface area contributed by atoms with E-state index in [1.807, 2.05) is 0 Å². The fraction of sp³-hybridized carbons (Fsp3) is 0.500. The Hall–Kier alpha value is -2.39. The van der Waals surface area contributed by atoms with E-state index >= 15 is 0 Å². The lowest BCUT2D eigenvalue weighted by molar-refractivity contribution is 0.121. The quantitative estimate of drug-likeness (QED) is 0.754. The van der Waals surface area contributed by atoms with Crippen LogP contribution in [0.5, 0.6) is 0 Å². The van der Waals surface area contributed by atoms with Crippen molar-refractivity contribution < 1.29 is 13.9 Å². The van der Waals surface area contributed by atoms with E-state index in [0.29, 0.717) is 76.0 Å². The summed E-state index contributed by atoms with van der Waals surface area (Å²) < 4.78 is 24.3. The first kappa shape index (κ1) is 16.1. The first-order chi connectivity index (χ1) is 12.3. The zero-order valence-corrected chi connectivity index (χ0v) is 13.8. The molecule has 2 saturated heterocycles. The van der Waals surface area contributed by atoms with Crippen LogP contribution in [-0.4, -0.2) is 72.5 Å². The molecule has 2 aliphatic heterocycles. The maximum absolute atomic E-state index is 13.5. The minimum Gasteiger partial charge on any atom is -0.378 e. The van der Waals surface area contributed by atoms with Crippen LogP contribution in [-0.2, 0) is 9.47 Å². The van der Waals surface area contributed by atoms with Gasteiger partial charge in [0.15, 0.2) is 5.82 Å². The van der Waals surface area contributed by atoms with Crippen LogP contribution in [0.4, 0.5) is 16.3 Å². The number of ether oxygens (including phenoxy) is 2. The van der Waals surface area contributed by atoms with Gasteiger partial charge in [0.1, 0.15) is 5.69 Å². The van der Waals surface area contributed by atoms with Crippen molar-refractivity contribution in [2.75, 3.05) is 62.4 Å². The van der Waals surface area contributed by atoms with Gasteiger partial charge in [0.2, 0.25) is 17.8 Å². The predicted molar refractivity (Wildman–Crippen MR) is 89.1 cm³/mol. The third-order valence-electron chi connectivity index (χ3n) is 4.14. The topological polar surface area (TPSA) is 76.5 Å². The Morgan fingerprint density at radius 2 is 1.32 bits per heavy atom. The van der Waals surface area contributed by atoms with Gasteiger partial charge in [-0.2, -0.15) is 19.3 Å². The molecule has 8 nitrogen and oxygen atoms in total. The zero-order valence-electron chi connectivity index (χ0n) is 13.8. The van der Waals surface area contributed by atoms with Gasteiger partial charge in [-0.05, 0) is 12.1 Å². The van der Waals surface area contributed by atoms with E-state index in [2.05, 4.69) is 29.7 Å². The lowest BCUT2D eigenvalue weighted by Crippen LogP contribution is -2.40. The molecule has 0 saturated carbocycles. The second-order valence-electron chi connectivity index (χ2n) is 5.80. The molecule has 0 unspecified atom stereocenters. The van der Waals surface area contributed by atoms with Crippen molar-refractivity contribution in [1.29, 1.82) is 0 Å². The van der Waals surface area contributed by atoms with Crippen LogP contribution in [0, 0.1) is 5.95 Å². The summed E-state index contributed by atoms with van der Waals surface area (Å²) in [5.74, 6) is 0.956. The molecule has 2 aromatic rings. The highest BCUT2D eigenvalue weighted by Crippen LogP contribution is 2.21. The summed E-state index contributed by atoms with van der Waals surface area (Å²) >= 11 is 0. The molecule has 0 radical (unpaired) electrons. The summed E-state index contributed by atoms with van der Waals surface area (Å²) in [5, 5.41) is 0. The van der Waals surface area contributed by atoms with Crippen LogP contribution in [0.25, 0.3) is 11.5 Å². The maximum Gasteiger partial charge on any atom is 0.230 e. The molecule has 0 bridgehead atoms. The highest BCUT2D eigenvalue weighted by Gasteiger charge is 2.21. The van der Waals surface area contributed by atoms with Gasteiger partial charge in [0, 0.05) is 26.2 Å². The molecule has 0 N–H and O–H groups in total. The van der Waals surface area contributed by atoms with Gasteiger partial charge < -0.3 is 19.3 Å². The third kappa shape index (κ3) is 3.67. The first-order valence-electron chi connectivity index (χ1n) is 8.34. The van der Waals surface area contributed by atoms with E-state index in [1.54, 1.807) is 12.1 Å². The van der Waals surface area contributed by atoms with Gasteiger partial charge in [-0.15, -0.1) is 0 Å². The van der Waals surface area contributed by atoms with E-state index < -0.39 is 5.95 Å². The number of pyridine rings is 1. The van der Waals surface area contributed by atoms with Crippen molar-refractivity contribution >= 4 is 11.9 Å².